The molecule has 0 N–H and O–H groups in total. The molecule has 0 radical (unpaired) electrons. The molecule has 128 valence electrons. The van der Waals surface area contributed by atoms with Gasteiger partial charge in [-0.3, -0.25) is 14.8 Å². The van der Waals surface area contributed by atoms with Crippen LogP contribution in [0.2, 0.25) is 0 Å². The molecule has 0 unspecified atom stereocenters. The lowest BCUT2D eigenvalue weighted by atomic mass is 9.85. The third-order valence-electron chi connectivity index (χ3n) is 5.81. The molecule has 5 rings (SSSR count). The fourth-order valence-electron chi connectivity index (χ4n) is 4.41. The molecule has 2 aromatic heterocycles. The van der Waals surface area contributed by atoms with Gasteiger partial charge in [0.1, 0.15) is 0 Å². The van der Waals surface area contributed by atoms with E-state index in [-0.39, 0.29) is 5.41 Å². The van der Waals surface area contributed by atoms with Gasteiger partial charge >= 0.3 is 0 Å². The van der Waals surface area contributed by atoms with Crippen molar-refractivity contribution in [2.24, 2.45) is 5.92 Å². The second kappa shape index (κ2) is 5.55. The van der Waals surface area contributed by atoms with E-state index < -0.39 is 0 Å². The van der Waals surface area contributed by atoms with Crippen LogP contribution < -0.4 is 4.90 Å². The largest absolute Gasteiger partial charge is 0.365 e. The maximum Gasteiger partial charge on any atom is 0.225 e. The molecular weight excluding hydrogens is 312 g/mol. The number of aromatic nitrogens is 2. The van der Waals surface area contributed by atoms with Gasteiger partial charge in [-0.25, -0.2) is 0 Å². The van der Waals surface area contributed by atoms with Crippen LogP contribution in [0.3, 0.4) is 0 Å². The first kappa shape index (κ1) is 14.9. The maximum atomic E-state index is 12.5. The van der Waals surface area contributed by atoms with Crippen LogP contribution >= 0.6 is 0 Å². The van der Waals surface area contributed by atoms with Crippen molar-refractivity contribution in [3.63, 3.8) is 0 Å². The van der Waals surface area contributed by atoms with E-state index in [4.69, 9.17) is 4.98 Å². The summed E-state index contributed by atoms with van der Waals surface area (Å²) < 4.78 is 0. The standard InChI is InChI=1S/C20H22N4O/c25-19(16-5-6-16)23-10-7-20(13-23)14-24(12-15-3-1-8-21-11-15)17-4-2-9-22-18(17)20/h1-4,8-9,11,16H,5-7,10,12-14H2/t20-/m1/s1. The second-order valence-corrected chi connectivity index (χ2v) is 7.65. The topological polar surface area (TPSA) is 49.3 Å². The Kier molecular flexibility index (Phi) is 3.30. The highest BCUT2D eigenvalue weighted by atomic mass is 16.2. The number of carbonyl (C=O) groups excluding carboxylic acids is 1. The minimum Gasteiger partial charge on any atom is -0.365 e. The number of fused-ring (bicyclic) bond motifs is 2. The van der Waals surface area contributed by atoms with Crippen LogP contribution in [0.15, 0.2) is 42.9 Å². The average Bonchev–Trinajstić information content (AvgIpc) is 3.35. The van der Waals surface area contributed by atoms with Crippen LogP contribution in [0.5, 0.6) is 0 Å². The molecule has 1 spiro atoms. The van der Waals surface area contributed by atoms with Crippen molar-refractivity contribution in [3.05, 3.63) is 54.1 Å². The van der Waals surface area contributed by atoms with Crippen LogP contribution in [0.4, 0.5) is 5.69 Å². The van der Waals surface area contributed by atoms with E-state index in [2.05, 4.69) is 26.9 Å². The van der Waals surface area contributed by atoms with Gasteiger partial charge in [0.05, 0.1) is 16.8 Å². The van der Waals surface area contributed by atoms with E-state index in [1.807, 2.05) is 30.7 Å². The van der Waals surface area contributed by atoms with Gasteiger partial charge in [0, 0.05) is 50.7 Å². The third-order valence-corrected chi connectivity index (χ3v) is 5.81. The normalized spacial score (nSPS) is 24.8. The van der Waals surface area contributed by atoms with Crippen molar-refractivity contribution in [2.45, 2.75) is 31.2 Å². The van der Waals surface area contributed by atoms with Gasteiger partial charge in [-0.15, -0.1) is 0 Å². The molecule has 1 atom stereocenters. The Morgan fingerprint density at radius 3 is 2.88 bits per heavy atom. The predicted molar refractivity (Wildman–Crippen MR) is 95.1 cm³/mol. The monoisotopic (exact) mass is 334 g/mol. The van der Waals surface area contributed by atoms with Crippen LogP contribution in [-0.4, -0.2) is 40.4 Å². The van der Waals surface area contributed by atoms with Crippen LogP contribution in [0.1, 0.15) is 30.5 Å². The number of rotatable bonds is 3. The highest BCUT2D eigenvalue weighted by Gasteiger charge is 2.50. The fraction of sp³-hybridized carbons (Fsp3) is 0.450. The van der Waals surface area contributed by atoms with Crippen molar-refractivity contribution in [1.82, 2.24) is 14.9 Å². The van der Waals surface area contributed by atoms with Gasteiger partial charge < -0.3 is 9.80 Å². The van der Waals surface area contributed by atoms with Crippen molar-refractivity contribution >= 4 is 11.6 Å². The molecule has 1 saturated carbocycles. The summed E-state index contributed by atoms with van der Waals surface area (Å²) >= 11 is 0. The van der Waals surface area contributed by atoms with Crippen molar-refractivity contribution < 1.29 is 4.79 Å². The van der Waals surface area contributed by atoms with E-state index in [1.54, 1.807) is 0 Å². The summed E-state index contributed by atoms with van der Waals surface area (Å²) in [5.41, 5.74) is 3.58. The molecule has 2 aliphatic heterocycles. The van der Waals surface area contributed by atoms with Crippen molar-refractivity contribution in [3.8, 4) is 0 Å². The van der Waals surface area contributed by atoms with Crippen molar-refractivity contribution in [2.75, 3.05) is 24.5 Å². The smallest absolute Gasteiger partial charge is 0.225 e. The van der Waals surface area contributed by atoms with Crippen LogP contribution in [0, 0.1) is 5.92 Å². The Morgan fingerprint density at radius 1 is 1.20 bits per heavy atom. The predicted octanol–water partition coefficient (Wildman–Crippen LogP) is 2.38. The zero-order valence-corrected chi connectivity index (χ0v) is 14.3. The SMILES string of the molecule is O=C(C1CC1)N1CC[C@@]2(C1)CN(Cc1cccnc1)c1cccnc12. The van der Waals surface area contributed by atoms with Gasteiger partial charge in [0.25, 0.3) is 0 Å². The number of likely N-dealkylation sites (tertiary alicyclic amines) is 1. The van der Waals surface area contributed by atoms with E-state index in [1.165, 1.54) is 16.9 Å². The Labute approximate surface area is 147 Å². The number of amides is 1. The first-order valence-corrected chi connectivity index (χ1v) is 9.13. The van der Waals surface area contributed by atoms with E-state index >= 15 is 0 Å². The summed E-state index contributed by atoms with van der Waals surface area (Å²) in [5, 5.41) is 0. The third kappa shape index (κ3) is 2.49. The number of pyridine rings is 2. The molecule has 2 aromatic rings. The molecule has 0 aromatic carbocycles. The van der Waals surface area contributed by atoms with Gasteiger partial charge in [-0.1, -0.05) is 6.07 Å². The molecule has 4 heterocycles. The Balaban J connectivity index is 1.43. The molecule has 5 heteroatoms. The van der Waals surface area contributed by atoms with Gasteiger partial charge in [-0.05, 0) is 43.0 Å². The van der Waals surface area contributed by atoms with Crippen LogP contribution in [0.25, 0.3) is 0 Å². The number of carbonyl (C=O) groups is 1. The summed E-state index contributed by atoms with van der Waals surface area (Å²) in [6.07, 6.45) is 8.79. The number of hydrogen-bond donors (Lipinski definition) is 0. The molecule has 5 nitrogen and oxygen atoms in total. The molecule has 25 heavy (non-hydrogen) atoms. The summed E-state index contributed by atoms with van der Waals surface area (Å²) in [7, 11) is 0. The second-order valence-electron chi connectivity index (χ2n) is 7.65. The quantitative estimate of drug-likeness (QED) is 0.865. The molecule has 1 aliphatic carbocycles. The van der Waals surface area contributed by atoms with Gasteiger partial charge in [0.15, 0.2) is 0 Å². The Hall–Kier alpha value is -2.43. The molecule has 2 fully saturated rings. The summed E-state index contributed by atoms with van der Waals surface area (Å²) in [4.78, 5) is 26.0. The van der Waals surface area contributed by atoms with E-state index in [0.717, 1.165) is 45.4 Å². The number of nitrogens with zero attached hydrogens (tertiary/aromatic N) is 4. The lowest BCUT2D eigenvalue weighted by Crippen LogP contribution is -2.38. The highest BCUT2D eigenvalue weighted by Crippen LogP contribution is 2.46. The lowest BCUT2D eigenvalue weighted by molar-refractivity contribution is -0.131. The minimum absolute atomic E-state index is 0.0106. The maximum absolute atomic E-state index is 12.5. The first-order chi connectivity index (χ1) is 12.3. The highest BCUT2D eigenvalue weighted by molar-refractivity contribution is 5.81. The average molecular weight is 334 g/mol. The zero-order chi connectivity index (χ0) is 16.9. The molecule has 3 aliphatic rings. The lowest BCUT2D eigenvalue weighted by Gasteiger charge is -2.26. The molecule has 1 saturated heterocycles. The summed E-state index contributed by atoms with van der Waals surface area (Å²) in [6, 6.07) is 8.28. The number of hydrogen-bond acceptors (Lipinski definition) is 4. The van der Waals surface area contributed by atoms with Gasteiger partial charge in [-0.2, -0.15) is 0 Å². The summed E-state index contributed by atoms with van der Waals surface area (Å²) in [6.45, 7) is 3.45. The fourth-order valence-corrected chi connectivity index (χ4v) is 4.41. The Morgan fingerprint density at radius 2 is 2.08 bits per heavy atom. The first-order valence-electron chi connectivity index (χ1n) is 9.13. The van der Waals surface area contributed by atoms with Crippen LogP contribution in [-0.2, 0) is 16.8 Å². The summed E-state index contributed by atoms with van der Waals surface area (Å²) in [5.74, 6) is 0.659. The molecule has 0 bridgehead atoms. The Bertz CT molecular complexity index is 804. The van der Waals surface area contributed by atoms with Crippen molar-refractivity contribution in [1.29, 1.82) is 0 Å². The van der Waals surface area contributed by atoms with E-state index in [9.17, 15) is 4.79 Å². The zero-order valence-electron chi connectivity index (χ0n) is 14.3. The molecular formula is C20H22N4O. The van der Waals surface area contributed by atoms with Gasteiger partial charge in [0.2, 0.25) is 5.91 Å². The number of anilines is 1. The molecule has 1 amide bonds. The van der Waals surface area contributed by atoms with E-state index in [0.29, 0.717) is 11.8 Å². The minimum atomic E-state index is -0.0106.